The molecule has 41 heavy (non-hydrogen) atoms. The van der Waals surface area contributed by atoms with Gasteiger partial charge in [0, 0.05) is 38.2 Å². The third-order valence-electron chi connectivity index (χ3n) is 7.12. The highest BCUT2D eigenvalue weighted by Gasteiger charge is 2.44. The zero-order valence-corrected chi connectivity index (χ0v) is 23.2. The van der Waals surface area contributed by atoms with Gasteiger partial charge in [-0.05, 0) is 54.4 Å². The number of hydrogen-bond acceptors (Lipinski definition) is 5. The van der Waals surface area contributed by atoms with Gasteiger partial charge in [0.25, 0.3) is 5.91 Å². The van der Waals surface area contributed by atoms with Gasteiger partial charge in [0.1, 0.15) is 5.75 Å². The fourth-order valence-corrected chi connectivity index (χ4v) is 5.06. The van der Waals surface area contributed by atoms with Gasteiger partial charge in [-0.25, -0.2) is 0 Å². The third-order valence-corrected chi connectivity index (χ3v) is 7.12. The number of halogens is 3. The minimum Gasteiger partial charge on any atom is -0.497 e. The van der Waals surface area contributed by atoms with Crippen molar-refractivity contribution >= 4 is 23.6 Å². The van der Waals surface area contributed by atoms with Crippen molar-refractivity contribution in [2.45, 2.75) is 31.5 Å². The summed E-state index contributed by atoms with van der Waals surface area (Å²) in [7, 11) is 3.37. The number of amides is 1. The standard InChI is InChI=1S/C32H33F3N2O4/c1-22(38)41-30-26(24-14-16-25(40-3)17-15-24)21-27-28(32(33,34)35)12-7-13-29(27)37(31(30)39)20-19-36(2)18-8-11-23-9-5-4-6-10-23/h4-17,26,30H,18-21H2,1-3H3/b11-8+. The number of hydrogen-bond donors (Lipinski definition) is 0. The summed E-state index contributed by atoms with van der Waals surface area (Å²) in [5.74, 6) is -1.53. The van der Waals surface area contributed by atoms with Crippen molar-refractivity contribution in [1.29, 1.82) is 0 Å². The van der Waals surface area contributed by atoms with E-state index >= 15 is 0 Å². The molecule has 3 aromatic rings. The van der Waals surface area contributed by atoms with Crippen molar-refractivity contribution < 1.29 is 32.2 Å². The number of carbonyl (C=O) groups is 2. The Morgan fingerprint density at radius 3 is 2.39 bits per heavy atom. The number of carbonyl (C=O) groups excluding carboxylic acids is 2. The first-order chi connectivity index (χ1) is 19.6. The lowest BCUT2D eigenvalue weighted by molar-refractivity contribution is -0.154. The van der Waals surface area contributed by atoms with Gasteiger partial charge in [-0.15, -0.1) is 0 Å². The van der Waals surface area contributed by atoms with E-state index in [2.05, 4.69) is 0 Å². The molecule has 9 heteroatoms. The largest absolute Gasteiger partial charge is 0.497 e. The van der Waals surface area contributed by atoms with E-state index in [0.29, 0.717) is 24.4 Å². The topological polar surface area (TPSA) is 59.1 Å². The maximum atomic E-state index is 14.2. The summed E-state index contributed by atoms with van der Waals surface area (Å²) in [6, 6.07) is 20.4. The molecule has 0 aromatic heterocycles. The van der Waals surface area contributed by atoms with Crippen molar-refractivity contribution in [1.82, 2.24) is 4.90 Å². The minimum absolute atomic E-state index is 0.00422. The number of fused-ring (bicyclic) bond motifs is 1. The first-order valence-corrected chi connectivity index (χ1v) is 13.3. The minimum atomic E-state index is -4.63. The van der Waals surface area contributed by atoms with E-state index in [1.165, 1.54) is 31.1 Å². The first-order valence-electron chi connectivity index (χ1n) is 13.3. The summed E-state index contributed by atoms with van der Waals surface area (Å²) in [5, 5.41) is 0. The molecular formula is C32H33F3N2O4. The summed E-state index contributed by atoms with van der Waals surface area (Å²) >= 11 is 0. The van der Waals surface area contributed by atoms with Crippen LogP contribution in [0.15, 0.2) is 78.9 Å². The second-order valence-corrected chi connectivity index (χ2v) is 9.98. The van der Waals surface area contributed by atoms with Crippen LogP contribution >= 0.6 is 0 Å². The summed E-state index contributed by atoms with van der Waals surface area (Å²) in [5.41, 5.74) is 0.972. The van der Waals surface area contributed by atoms with Crippen molar-refractivity contribution in [3.8, 4) is 5.75 Å². The number of rotatable bonds is 9. The first kappa shape index (κ1) is 29.9. The van der Waals surface area contributed by atoms with Crippen molar-refractivity contribution in [3.05, 3.63) is 101 Å². The van der Waals surface area contributed by atoms with E-state index in [4.69, 9.17) is 9.47 Å². The molecule has 0 saturated carbocycles. The number of benzene rings is 3. The highest BCUT2D eigenvalue weighted by molar-refractivity contribution is 6.00. The van der Waals surface area contributed by atoms with Gasteiger partial charge < -0.3 is 19.3 Å². The van der Waals surface area contributed by atoms with Gasteiger partial charge in [0.15, 0.2) is 6.10 Å². The van der Waals surface area contributed by atoms with E-state index < -0.39 is 35.6 Å². The summed E-state index contributed by atoms with van der Waals surface area (Å²) < 4.78 is 53.5. The molecule has 1 aliphatic rings. The average molecular weight is 567 g/mol. The normalized spacial score (nSPS) is 17.4. The van der Waals surface area contributed by atoms with Gasteiger partial charge in [-0.3, -0.25) is 9.59 Å². The Labute approximate surface area is 238 Å². The second kappa shape index (κ2) is 13.0. The zero-order valence-electron chi connectivity index (χ0n) is 23.2. The lowest BCUT2D eigenvalue weighted by Crippen LogP contribution is -2.45. The predicted octanol–water partition coefficient (Wildman–Crippen LogP) is 5.96. The molecule has 1 amide bonds. The maximum absolute atomic E-state index is 14.2. The van der Waals surface area contributed by atoms with Crippen LogP contribution in [0.2, 0.25) is 0 Å². The molecule has 216 valence electrons. The molecule has 0 bridgehead atoms. The van der Waals surface area contributed by atoms with Crippen LogP contribution in [0.25, 0.3) is 6.08 Å². The molecule has 0 radical (unpaired) electrons. The molecule has 6 nitrogen and oxygen atoms in total. The summed E-state index contributed by atoms with van der Waals surface area (Å²) in [6.07, 6.45) is -2.12. The quantitative estimate of drug-likeness (QED) is 0.299. The molecule has 0 N–H and O–H groups in total. The molecule has 4 rings (SSSR count). The summed E-state index contributed by atoms with van der Waals surface area (Å²) in [4.78, 5) is 29.5. The van der Waals surface area contributed by atoms with E-state index in [1.54, 1.807) is 24.3 Å². The smallest absolute Gasteiger partial charge is 0.416 e. The van der Waals surface area contributed by atoms with Gasteiger partial charge in [0.2, 0.25) is 0 Å². The van der Waals surface area contributed by atoms with E-state index in [9.17, 15) is 22.8 Å². The fourth-order valence-electron chi connectivity index (χ4n) is 5.06. The molecule has 3 aromatic carbocycles. The van der Waals surface area contributed by atoms with Gasteiger partial charge >= 0.3 is 12.1 Å². The number of methoxy groups -OCH3 is 1. The van der Waals surface area contributed by atoms with E-state index in [-0.39, 0.29) is 24.2 Å². The van der Waals surface area contributed by atoms with Gasteiger partial charge in [-0.2, -0.15) is 13.2 Å². The van der Waals surface area contributed by atoms with Crippen LogP contribution in [-0.2, 0) is 26.9 Å². The fraction of sp³-hybridized carbons (Fsp3) is 0.312. The van der Waals surface area contributed by atoms with Crippen LogP contribution in [-0.4, -0.2) is 56.7 Å². The maximum Gasteiger partial charge on any atom is 0.416 e. The van der Waals surface area contributed by atoms with Gasteiger partial charge in [0.05, 0.1) is 12.7 Å². The van der Waals surface area contributed by atoms with Crippen LogP contribution in [0.3, 0.4) is 0 Å². The molecule has 1 aliphatic heterocycles. The van der Waals surface area contributed by atoms with Crippen molar-refractivity contribution in [2.75, 3.05) is 38.7 Å². The number of anilines is 1. The highest BCUT2D eigenvalue weighted by Crippen LogP contribution is 2.43. The molecular weight excluding hydrogens is 533 g/mol. The monoisotopic (exact) mass is 566 g/mol. The van der Waals surface area contributed by atoms with E-state index in [1.807, 2.05) is 54.4 Å². The number of alkyl halides is 3. The molecule has 2 atom stereocenters. The Balaban J connectivity index is 1.68. The SMILES string of the molecule is COc1ccc(C2Cc3c(cccc3C(F)(F)F)N(CCN(C)C/C=C/c3ccccc3)C(=O)C2OC(C)=O)cc1. The summed E-state index contributed by atoms with van der Waals surface area (Å²) in [6.45, 7) is 2.24. The second-order valence-electron chi connectivity index (χ2n) is 9.98. The predicted molar refractivity (Wildman–Crippen MR) is 152 cm³/mol. The molecule has 0 fully saturated rings. The molecule has 1 heterocycles. The Morgan fingerprint density at radius 2 is 1.76 bits per heavy atom. The number of nitrogens with zero attached hydrogens (tertiary/aromatic N) is 2. The molecule has 0 aliphatic carbocycles. The average Bonchev–Trinajstić information content (AvgIpc) is 3.06. The molecule has 0 saturated heterocycles. The Morgan fingerprint density at radius 1 is 1.05 bits per heavy atom. The van der Waals surface area contributed by atoms with Crippen LogP contribution < -0.4 is 9.64 Å². The van der Waals surface area contributed by atoms with Crippen molar-refractivity contribution in [2.24, 2.45) is 0 Å². The molecule has 2 unspecified atom stereocenters. The Hall–Kier alpha value is -4.11. The van der Waals surface area contributed by atoms with E-state index in [0.717, 1.165) is 11.6 Å². The number of ether oxygens (including phenoxy) is 2. The Kier molecular flexibility index (Phi) is 9.50. The number of likely N-dealkylation sites (N-methyl/N-ethyl adjacent to an activating group) is 1. The lowest BCUT2D eigenvalue weighted by Gasteiger charge is -2.29. The van der Waals surface area contributed by atoms with Crippen LogP contribution in [0.5, 0.6) is 5.75 Å². The Bertz CT molecular complexity index is 1370. The lowest BCUT2D eigenvalue weighted by atomic mass is 9.86. The van der Waals surface area contributed by atoms with Crippen LogP contribution in [0.4, 0.5) is 18.9 Å². The number of esters is 1. The third kappa shape index (κ3) is 7.35. The van der Waals surface area contributed by atoms with Gasteiger partial charge in [-0.1, -0.05) is 60.7 Å². The van der Waals surface area contributed by atoms with Crippen LogP contribution in [0.1, 0.15) is 35.1 Å². The van der Waals surface area contributed by atoms with Crippen LogP contribution in [0, 0.1) is 0 Å². The zero-order chi connectivity index (χ0) is 29.6. The molecule has 0 spiro atoms. The highest BCUT2D eigenvalue weighted by atomic mass is 19.4. The van der Waals surface area contributed by atoms with Crippen molar-refractivity contribution in [3.63, 3.8) is 0 Å².